The van der Waals surface area contributed by atoms with E-state index in [4.69, 9.17) is 22.7 Å². The fourth-order valence-electron chi connectivity index (χ4n) is 1.62. The largest absolute Gasteiger partial charge is 0.469 e. The van der Waals surface area contributed by atoms with E-state index in [0.29, 0.717) is 31.8 Å². The fraction of sp³-hybridized carbons (Fsp3) is 0.462. The lowest BCUT2D eigenvalue weighted by Crippen LogP contribution is -2.30. The topological polar surface area (TPSA) is 77.7 Å². The number of anilines is 1. The van der Waals surface area contributed by atoms with Gasteiger partial charge in [0.15, 0.2) is 0 Å². The molecule has 1 aromatic rings. The zero-order valence-corrected chi connectivity index (χ0v) is 12.5. The molecule has 110 valence electrons. The highest BCUT2D eigenvalue weighted by atomic mass is 32.1. The molecule has 0 amide bonds. The zero-order valence-electron chi connectivity index (χ0n) is 11.7. The van der Waals surface area contributed by atoms with Crippen LogP contribution in [0.5, 0.6) is 0 Å². The number of thiocarbonyl (C=S) groups is 1. The molecule has 1 aromatic heterocycles. The Morgan fingerprint density at radius 3 is 2.65 bits per heavy atom. The molecule has 20 heavy (non-hydrogen) atoms. The van der Waals surface area contributed by atoms with Gasteiger partial charge in [-0.15, -0.1) is 0 Å². The van der Waals surface area contributed by atoms with Crippen molar-refractivity contribution < 1.29 is 14.3 Å². The SMILES string of the molecule is COCCN(CCC(=O)OC)c1ccc(C(N)=S)nc1. The third-order valence-electron chi connectivity index (χ3n) is 2.74. The third kappa shape index (κ3) is 5.10. The van der Waals surface area contributed by atoms with Gasteiger partial charge in [0.2, 0.25) is 0 Å². The number of esters is 1. The summed E-state index contributed by atoms with van der Waals surface area (Å²) in [7, 11) is 3.01. The number of ether oxygens (including phenoxy) is 2. The maximum absolute atomic E-state index is 11.2. The van der Waals surface area contributed by atoms with Gasteiger partial charge in [0.25, 0.3) is 0 Å². The molecular weight excluding hydrogens is 278 g/mol. The van der Waals surface area contributed by atoms with Crippen molar-refractivity contribution in [1.29, 1.82) is 0 Å². The van der Waals surface area contributed by atoms with Crippen LogP contribution >= 0.6 is 12.2 Å². The number of carbonyl (C=O) groups is 1. The minimum atomic E-state index is -0.250. The molecule has 0 saturated heterocycles. The predicted octanol–water partition coefficient (Wildman–Crippen LogP) is 0.732. The van der Waals surface area contributed by atoms with Crippen molar-refractivity contribution in [2.45, 2.75) is 6.42 Å². The molecular formula is C13H19N3O3S. The second-order valence-corrected chi connectivity index (χ2v) is 4.51. The molecule has 0 saturated carbocycles. The highest BCUT2D eigenvalue weighted by Gasteiger charge is 2.10. The Hall–Kier alpha value is -1.73. The molecule has 0 aromatic carbocycles. The number of nitrogens with zero attached hydrogens (tertiary/aromatic N) is 2. The number of carbonyl (C=O) groups excluding carboxylic acids is 1. The molecule has 7 heteroatoms. The van der Waals surface area contributed by atoms with Crippen molar-refractivity contribution in [2.75, 3.05) is 38.8 Å². The van der Waals surface area contributed by atoms with Crippen molar-refractivity contribution >= 4 is 28.9 Å². The van der Waals surface area contributed by atoms with Crippen LogP contribution in [0.25, 0.3) is 0 Å². The summed E-state index contributed by atoms with van der Waals surface area (Å²) in [5.41, 5.74) is 6.96. The van der Waals surface area contributed by atoms with Crippen LogP contribution in [0.2, 0.25) is 0 Å². The van der Waals surface area contributed by atoms with Gasteiger partial charge in [-0.1, -0.05) is 12.2 Å². The molecule has 6 nitrogen and oxygen atoms in total. The Kier molecular flexibility index (Phi) is 6.89. The van der Waals surface area contributed by atoms with E-state index in [0.717, 1.165) is 5.69 Å². The van der Waals surface area contributed by atoms with Crippen LogP contribution in [-0.2, 0) is 14.3 Å². The van der Waals surface area contributed by atoms with Gasteiger partial charge < -0.3 is 20.1 Å². The van der Waals surface area contributed by atoms with Gasteiger partial charge in [0, 0.05) is 20.2 Å². The van der Waals surface area contributed by atoms with E-state index in [2.05, 4.69) is 9.72 Å². The summed E-state index contributed by atoms with van der Waals surface area (Å²) >= 11 is 4.86. The van der Waals surface area contributed by atoms with E-state index < -0.39 is 0 Å². The Morgan fingerprint density at radius 2 is 2.15 bits per heavy atom. The average molecular weight is 297 g/mol. The van der Waals surface area contributed by atoms with Crippen molar-refractivity contribution in [2.24, 2.45) is 5.73 Å². The highest BCUT2D eigenvalue weighted by Crippen LogP contribution is 2.13. The molecule has 0 fully saturated rings. The highest BCUT2D eigenvalue weighted by molar-refractivity contribution is 7.80. The van der Waals surface area contributed by atoms with Gasteiger partial charge in [-0.05, 0) is 12.1 Å². The second kappa shape index (κ2) is 8.44. The fourth-order valence-corrected chi connectivity index (χ4v) is 1.74. The van der Waals surface area contributed by atoms with Crippen LogP contribution in [-0.4, -0.2) is 49.9 Å². The Morgan fingerprint density at radius 1 is 1.40 bits per heavy atom. The van der Waals surface area contributed by atoms with Crippen molar-refractivity contribution in [1.82, 2.24) is 4.98 Å². The first-order valence-electron chi connectivity index (χ1n) is 6.15. The first-order valence-corrected chi connectivity index (χ1v) is 6.56. The van der Waals surface area contributed by atoms with E-state index in [1.807, 2.05) is 11.0 Å². The molecule has 1 rings (SSSR count). The predicted molar refractivity (Wildman–Crippen MR) is 80.8 cm³/mol. The molecule has 0 aliphatic carbocycles. The minimum absolute atomic E-state index is 0.250. The number of rotatable bonds is 8. The van der Waals surface area contributed by atoms with Crippen LogP contribution < -0.4 is 10.6 Å². The first-order chi connectivity index (χ1) is 9.58. The summed E-state index contributed by atoms with van der Waals surface area (Å²) in [5.74, 6) is -0.250. The summed E-state index contributed by atoms with van der Waals surface area (Å²) in [4.78, 5) is 17.7. The lowest BCUT2D eigenvalue weighted by Gasteiger charge is -2.23. The molecule has 0 atom stereocenters. The molecule has 0 aliphatic rings. The summed E-state index contributed by atoms with van der Waals surface area (Å²) in [5, 5.41) is 0. The average Bonchev–Trinajstić information content (AvgIpc) is 2.47. The van der Waals surface area contributed by atoms with E-state index in [1.165, 1.54) is 7.11 Å². The van der Waals surface area contributed by atoms with Gasteiger partial charge in [0.05, 0.1) is 37.7 Å². The maximum atomic E-state index is 11.2. The summed E-state index contributed by atoms with van der Waals surface area (Å²) in [6, 6.07) is 3.63. The lowest BCUT2D eigenvalue weighted by atomic mass is 10.3. The van der Waals surface area contributed by atoms with Crippen molar-refractivity contribution in [3.63, 3.8) is 0 Å². The van der Waals surface area contributed by atoms with Gasteiger partial charge in [-0.3, -0.25) is 9.78 Å². The number of nitrogens with two attached hydrogens (primary N) is 1. The summed E-state index contributed by atoms with van der Waals surface area (Å²) in [6.07, 6.45) is 1.98. The molecule has 0 radical (unpaired) electrons. The van der Waals surface area contributed by atoms with Crippen molar-refractivity contribution in [3.05, 3.63) is 24.0 Å². The van der Waals surface area contributed by atoms with E-state index in [-0.39, 0.29) is 11.0 Å². The number of pyridine rings is 1. The van der Waals surface area contributed by atoms with Crippen LogP contribution in [0.3, 0.4) is 0 Å². The van der Waals surface area contributed by atoms with Crippen LogP contribution in [0, 0.1) is 0 Å². The maximum Gasteiger partial charge on any atom is 0.307 e. The van der Waals surface area contributed by atoms with Gasteiger partial charge in [-0.25, -0.2) is 0 Å². The second-order valence-electron chi connectivity index (χ2n) is 4.07. The Bertz CT molecular complexity index is 451. The quantitative estimate of drug-likeness (QED) is 0.560. The van der Waals surface area contributed by atoms with E-state index in [9.17, 15) is 4.79 Å². The normalized spacial score (nSPS) is 10.1. The van der Waals surface area contributed by atoms with Crippen molar-refractivity contribution in [3.8, 4) is 0 Å². The molecule has 1 heterocycles. The van der Waals surface area contributed by atoms with Gasteiger partial charge in [-0.2, -0.15) is 0 Å². The van der Waals surface area contributed by atoms with Gasteiger partial charge >= 0.3 is 5.97 Å². The van der Waals surface area contributed by atoms with Crippen LogP contribution in [0.15, 0.2) is 18.3 Å². The molecule has 0 aliphatic heterocycles. The molecule has 0 unspecified atom stereocenters. The summed E-state index contributed by atoms with van der Waals surface area (Å²) in [6.45, 7) is 1.74. The van der Waals surface area contributed by atoms with E-state index in [1.54, 1.807) is 19.4 Å². The summed E-state index contributed by atoms with van der Waals surface area (Å²) < 4.78 is 9.72. The number of methoxy groups -OCH3 is 2. The number of hydrogen-bond donors (Lipinski definition) is 1. The smallest absolute Gasteiger partial charge is 0.307 e. The Balaban J connectivity index is 2.75. The molecule has 0 spiro atoms. The number of hydrogen-bond acceptors (Lipinski definition) is 6. The molecule has 2 N–H and O–H groups in total. The van der Waals surface area contributed by atoms with Gasteiger partial charge in [0.1, 0.15) is 4.99 Å². The van der Waals surface area contributed by atoms with E-state index >= 15 is 0 Å². The lowest BCUT2D eigenvalue weighted by molar-refractivity contribution is -0.140. The van der Waals surface area contributed by atoms with Crippen LogP contribution in [0.4, 0.5) is 5.69 Å². The van der Waals surface area contributed by atoms with Crippen LogP contribution in [0.1, 0.15) is 12.1 Å². The number of aromatic nitrogens is 1. The Labute approximate surface area is 123 Å². The molecule has 0 bridgehead atoms. The zero-order chi connectivity index (χ0) is 15.0. The first kappa shape index (κ1) is 16.3. The third-order valence-corrected chi connectivity index (χ3v) is 2.95. The standard InChI is InChI=1S/C13H19N3O3S/c1-18-8-7-16(6-5-12(17)19-2)10-3-4-11(13(14)20)15-9-10/h3-4,9H,5-8H2,1-2H3,(H2,14,20). The monoisotopic (exact) mass is 297 g/mol. The minimum Gasteiger partial charge on any atom is -0.469 e.